The first-order valence-corrected chi connectivity index (χ1v) is 6.81. The SMILES string of the molecule is O=C(CN1CCC[C@H]1CO)Nc1ncc(Cl)cc1Cl. The molecular formula is C12H15Cl2N3O2. The van der Waals surface area contributed by atoms with Crippen LogP contribution in [0.3, 0.4) is 0 Å². The smallest absolute Gasteiger partial charge is 0.239 e. The van der Waals surface area contributed by atoms with Crippen molar-refractivity contribution in [2.24, 2.45) is 0 Å². The van der Waals surface area contributed by atoms with E-state index in [2.05, 4.69) is 10.3 Å². The molecule has 5 nitrogen and oxygen atoms in total. The highest BCUT2D eigenvalue weighted by atomic mass is 35.5. The molecule has 2 rings (SSSR count). The lowest BCUT2D eigenvalue weighted by Crippen LogP contribution is -2.38. The molecule has 0 spiro atoms. The molecule has 1 saturated heterocycles. The van der Waals surface area contributed by atoms with Gasteiger partial charge in [0.25, 0.3) is 0 Å². The van der Waals surface area contributed by atoms with E-state index >= 15 is 0 Å². The number of aromatic nitrogens is 1. The molecule has 0 bridgehead atoms. The zero-order valence-corrected chi connectivity index (χ0v) is 11.8. The summed E-state index contributed by atoms with van der Waals surface area (Å²) < 4.78 is 0. The molecule has 1 aliphatic rings. The maximum absolute atomic E-state index is 11.9. The van der Waals surface area contributed by atoms with Crippen LogP contribution >= 0.6 is 23.2 Å². The van der Waals surface area contributed by atoms with Gasteiger partial charge in [-0.3, -0.25) is 9.69 Å². The van der Waals surface area contributed by atoms with Crippen LogP contribution in [0.1, 0.15) is 12.8 Å². The number of halogens is 2. The standard InChI is InChI=1S/C12H15Cl2N3O2/c13-8-4-10(14)12(15-5-8)16-11(19)6-17-3-1-2-9(17)7-18/h4-5,9,18H,1-3,6-7H2,(H,15,16,19)/t9-/m0/s1. The number of hydrogen-bond acceptors (Lipinski definition) is 4. The topological polar surface area (TPSA) is 65.5 Å². The van der Waals surface area contributed by atoms with Gasteiger partial charge in [-0.1, -0.05) is 23.2 Å². The summed E-state index contributed by atoms with van der Waals surface area (Å²) in [6.07, 6.45) is 3.34. The summed E-state index contributed by atoms with van der Waals surface area (Å²) >= 11 is 11.7. The van der Waals surface area contributed by atoms with Crippen LogP contribution in [0.15, 0.2) is 12.3 Å². The minimum Gasteiger partial charge on any atom is -0.395 e. The van der Waals surface area contributed by atoms with Crippen molar-refractivity contribution in [3.63, 3.8) is 0 Å². The van der Waals surface area contributed by atoms with E-state index in [9.17, 15) is 9.90 Å². The maximum atomic E-state index is 11.9. The minimum absolute atomic E-state index is 0.0689. The number of amides is 1. The van der Waals surface area contributed by atoms with Crippen molar-refractivity contribution < 1.29 is 9.90 Å². The fourth-order valence-corrected chi connectivity index (χ4v) is 2.60. The van der Waals surface area contributed by atoms with Crippen LogP contribution in [-0.2, 0) is 4.79 Å². The average Bonchev–Trinajstić information content (AvgIpc) is 2.80. The van der Waals surface area contributed by atoms with Crippen LogP contribution < -0.4 is 5.32 Å². The Morgan fingerprint density at radius 1 is 1.58 bits per heavy atom. The van der Waals surface area contributed by atoms with Crippen molar-refractivity contribution in [1.29, 1.82) is 0 Å². The van der Waals surface area contributed by atoms with Gasteiger partial charge in [0.15, 0.2) is 5.82 Å². The Labute approximate surface area is 121 Å². The second-order valence-corrected chi connectivity index (χ2v) is 5.32. The number of anilines is 1. The monoisotopic (exact) mass is 303 g/mol. The van der Waals surface area contributed by atoms with Crippen LogP contribution in [0.5, 0.6) is 0 Å². The zero-order valence-electron chi connectivity index (χ0n) is 10.3. The molecule has 1 aromatic heterocycles. The molecule has 1 amide bonds. The first-order chi connectivity index (χ1) is 9.10. The van der Waals surface area contributed by atoms with Gasteiger partial charge in [-0.2, -0.15) is 0 Å². The molecule has 0 unspecified atom stereocenters. The summed E-state index contributed by atoms with van der Waals surface area (Å²) in [5.74, 6) is 0.105. The van der Waals surface area contributed by atoms with Crippen LogP contribution in [0.2, 0.25) is 10.0 Å². The van der Waals surface area contributed by atoms with E-state index in [4.69, 9.17) is 23.2 Å². The molecule has 1 aromatic rings. The number of pyridine rings is 1. The summed E-state index contributed by atoms with van der Waals surface area (Å²) in [5.41, 5.74) is 0. The quantitative estimate of drug-likeness (QED) is 0.890. The van der Waals surface area contributed by atoms with Gasteiger partial charge in [-0.25, -0.2) is 4.98 Å². The van der Waals surface area contributed by atoms with Gasteiger partial charge in [0.1, 0.15) is 0 Å². The number of aliphatic hydroxyl groups excluding tert-OH is 1. The average molecular weight is 304 g/mol. The van der Waals surface area contributed by atoms with Gasteiger partial charge >= 0.3 is 0 Å². The summed E-state index contributed by atoms with van der Waals surface area (Å²) in [7, 11) is 0. The van der Waals surface area contributed by atoms with Gasteiger partial charge in [-0.15, -0.1) is 0 Å². The lowest BCUT2D eigenvalue weighted by Gasteiger charge is -2.21. The Hall–Kier alpha value is -0.880. The lowest BCUT2D eigenvalue weighted by molar-refractivity contribution is -0.117. The van der Waals surface area contributed by atoms with Crippen LogP contribution in [0.4, 0.5) is 5.82 Å². The Morgan fingerprint density at radius 3 is 3.05 bits per heavy atom. The largest absolute Gasteiger partial charge is 0.395 e. The third-order valence-electron chi connectivity index (χ3n) is 3.12. The van der Waals surface area contributed by atoms with E-state index in [-0.39, 0.29) is 25.1 Å². The Balaban J connectivity index is 1.94. The summed E-state index contributed by atoms with van der Waals surface area (Å²) in [5, 5.41) is 12.6. The predicted molar refractivity (Wildman–Crippen MR) is 74.6 cm³/mol. The van der Waals surface area contributed by atoms with Crippen molar-refractivity contribution in [2.75, 3.05) is 25.0 Å². The molecule has 1 aliphatic heterocycles. The van der Waals surface area contributed by atoms with Gasteiger partial charge in [0, 0.05) is 12.2 Å². The van der Waals surface area contributed by atoms with Crippen LogP contribution in [0.25, 0.3) is 0 Å². The molecule has 0 saturated carbocycles. The van der Waals surface area contributed by atoms with Gasteiger partial charge in [0.2, 0.25) is 5.91 Å². The van der Waals surface area contributed by atoms with Crippen molar-refractivity contribution in [2.45, 2.75) is 18.9 Å². The molecule has 0 aliphatic carbocycles. The number of nitrogens with zero attached hydrogens (tertiary/aromatic N) is 2. The van der Waals surface area contributed by atoms with E-state index < -0.39 is 0 Å². The van der Waals surface area contributed by atoms with E-state index in [1.54, 1.807) is 0 Å². The van der Waals surface area contributed by atoms with Crippen molar-refractivity contribution in [3.05, 3.63) is 22.3 Å². The second-order valence-electron chi connectivity index (χ2n) is 4.48. The normalized spacial score (nSPS) is 19.6. The van der Waals surface area contributed by atoms with E-state index in [0.717, 1.165) is 19.4 Å². The van der Waals surface area contributed by atoms with Crippen LogP contribution in [-0.4, -0.2) is 46.6 Å². The predicted octanol–water partition coefficient (Wildman–Crippen LogP) is 1.78. The molecule has 2 N–H and O–H groups in total. The molecule has 0 aromatic carbocycles. The number of hydrogen-bond donors (Lipinski definition) is 2. The second kappa shape index (κ2) is 6.52. The minimum atomic E-state index is -0.197. The Kier molecular flexibility index (Phi) is 4.99. The molecule has 0 radical (unpaired) electrons. The maximum Gasteiger partial charge on any atom is 0.239 e. The molecule has 2 heterocycles. The number of carbonyl (C=O) groups excluding carboxylic acids is 1. The van der Waals surface area contributed by atoms with E-state index in [0.29, 0.717) is 15.9 Å². The highest BCUT2D eigenvalue weighted by Crippen LogP contribution is 2.22. The van der Waals surface area contributed by atoms with Crippen LogP contribution in [0, 0.1) is 0 Å². The van der Waals surface area contributed by atoms with Crippen molar-refractivity contribution in [3.8, 4) is 0 Å². The lowest BCUT2D eigenvalue weighted by atomic mass is 10.2. The highest BCUT2D eigenvalue weighted by Gasteiger charge is 2.25. The fourth-order valence-electron chi connectivity index (χ4n) is 2.17. The first-order valence-electron chi connectivity index (χ1n) is 6.06. The molecule has 1 fully saturated rings. The summed E-state index contributed by atoms with van der Waals surface area (Å²) in [6.45, 7) is 1.12. The van der Waals surface area contributed by atoms with Crippen molar-refractivity contribution >= 4 is 34.9 Å². The zero-order chi connectivity index (χ0) is 13.8. The Morgan fingerprint density at radius 2 is 2.37 bits per heavy atom. The molecule has 104 valence electrons. The molecule has 7 heteroatoms. The Bertz CT molecular complexity index is 470. The number of nitrogens with one attached hydrogen (secondary N) is 1. The fraction of sp³-hybridized carbons (Fsp3) is 0.500. The number of carbonyl (C=O) groups is 1. The van der Waals surface area contributed by atoms with Gasteiger partial charge < -0.3 is 10.4 Å². The van der Waals surface area contributed by atoms with Crippen molar-refractivity contribution in [1.82, 2.24) is 9.88 Å². The van der Waals surface area contributed by atoms with E-state index in [1.807, 2.05) is 4.90 Å². The molecule has 19 heavy (non-hydrogen) atoms. The van der Waals surface area contributed by atoms with Gasteiger partial charge in [0.05, 0.1) is 23.2 Å². The summed E-state index contributed by atoms with van der Waals surface area (Å²) in [4.78, 5) is 17.8. The molecule has 1 atom stereocenters. The molecular weight excluding hydrogens is 289 g/mol. The van der Waals surface area contributed by atoms with E-state index in [1.165, 1.54) is 12.3 Å². The van der Waals surface area contributed by atoms with Gasteiger partial charge in [-0.05, 0) is 25.5 Å². The summed E-state index contributed by atoms with van der Waals surface area (Å²) in [6, 6.07) is 1.59. The highest BCUT2D eigenvalue weighted by molar-refractivity contribution is 6.36. The number of rotatable bonds is 4. The number of likely N-dealkylation sites (tertiary alicyclic amines) is 1. The number of aliphatic hydroxyl groups is 1. The first kappa shape index (κ1) is 14.5. The third-order valence-corrected chi connectivity index (χ3v) is 3.62. The third kappa shape index (κ3) is 3.79.